The van der Waals surface area contributed by atoms with Crippen LogP contribution in [0.4, 0.5) is 13.2 Å². The number of nitrogens with zero attached hydrogens (tertiary/aromatic N) is 1. The van der Waals surface area contributed by atoms with Gasteiger partial charge in [-0.05, 0) is 30.7 Å². The van der Waals surface area contributed by atoms with Crippen LogP contribution in [-0.4, -0.2) is 53.1 Å². The van der Waals surface area contributed by atoms with Crippen LogP contribution in [0.1, 0.15) is 27.1 Å². The second-order valence-corrected chi connectivity index (χ2v) is 5.07. The predicted octanol–water partition coefficient (Wildman–Crippen LogP) is 1.28. The molecule has 0 saturated carbocycles. The number of carboxylic acids is 1. The van der Waals surface area contributed by atoms with Gasteiger partial charge in [0.05, 0.1) is 5.56 Å². The molecule has 1 heterocycles. The number of aromatic carboxylic acids is 1. The predicted molar refractivity (Wildman–Crippen MR) is 71.9 cm³/mol. The van der Waals surface area contributed by atoms with Crippen LogP contribution in [0.2, 0.25) is 0 Å². The molecule has 1 unspecified atom stereocenters. The fourth-order valence-electron chi connectivity index (χ4n) is 2.25. The molecule has 1 saturated heterocycles. The molecular weight excluding hydrogens is 317 g/mol. The van der Waals surface area contributed by atoms with E-state index in [9.17, 15) is 27.6 Å². The molecule has 2 rings (SSSR count). The highest BCUT2D eigenvalue weighted by atomic mass is 19.4. The Balaban J connectivity index is 1.98. The monoisotopic (exact) mass is 330 g/mol. The van der Waals surface area contributed by atoms with Gasteiger partial charge < -0.3 is 15.3 Å². The van der Waals surface area contributed by atoms with Crippen LogP contribution in [-0.2, 0) is 4.79 Å². The third-order valence-electron chi connectivity index (χ3n) is 3.37. The maximum atomic E-state index is 12.3. The van der Waals surface area contributed by atoms with Crippen LogP contribution in [0.15, 0.2) is 24.3 Å². The highest BCUT2D eigenvalue weighted by molar-refractivity contribution is 5.99. The molecular formula is C14H13F3N2O4. The van der Waals surface area contributed by atoms with Crippen molar-refractivity contribution < 1.29 is 32.7 Å². The van der Waals surface area contributed by atoms with Crippen LogP contribution < -0.4 is 5.32 Å². The Morgan fingerprint density at radius 2 is 1.78 bits per heavy atom. The van der Waals surface area contributed by atoms with Crippen molar-refractivity contribution in [1.29, 1.82) is 0 Å². The molecule has 1 aromatic rings. The fourth-order valence-corrected chi connectivity index (χ4v) is 2.25. The minimum atomic E-state index is -4.48. The first-order chi connectivity index (χ1) is 10.7. The van der Waals surface area contributed by atoms with E-state index in [4.69, 9.17) is 5.11 Å². The smallest absolute Gasteiger partial charge is 0.406 e. The van der Waals surface area contributed by atoms with Gasteiger partial charge in [-0.2, -0.15) is 13.2 Å². The number of carbonyl (C=O) groups is 3. The molecule has 0 spiro atoms. The summed E-state index contributed by atoms with van der Waals surface area (Å²) >= 11 is 0. The van der Waals surface area contributed by atoms with Crippen molar-refractivity contribution in [2.24, 2.45) is 0 Å². The van der Waals surface area contributed by atoms with Crippen LogP contribution >= 0.6 is 0 Å². The van der Waals surface area contributed by atoms with Crippen LogP contribution in [0, 0.1) is 0 Å². The molecule has 1 aromatic carbocycles. The van der Waals surface area contributed by atoms with Gasteiger partial charge in [0, 0.05) is 12.1 Å². The van der Waals surface area contributed by atoms with Gasteiger partial charge in [-0.3, -0.25) is 9.59 Å². The summed E-state index contributed by atoms with van der Waals surface area (Å²) in [4.78, 5) is 35.2. The number of halogens is 3. The zero-order chi connectivity index (χ0) is 17.2. The second-order valence-electron chi connectivity index (χ2n) is 5.07. The number of benzene rings is 1. The summed E-state index contributed by atoms with van der Waals surface area (Å²) in [5.74, 6) is -2.57. The SMILES string of the molecule is O=C(O)c1ccc(C(=O)NC2CCN(CC(F)(F)F)C2=O)cc1. The lowest BCUT2D eigenvalue weighted by atomic mass is 10.1. The molecule has 1 fully saturated rings. The molecule has 2 N–H and O–H groups in total. The number of likely N-dealkylation sites (tertiary alicyclic amines) is 1. The minimum Gasteiger partial charge on any atom is -0.478 e. The van der Waals surface area contributed by atoms with E-state index in [0.717, 1.165) is 0 Å². The van der Waals surface area contributed by atoms with Crippen molar-refractivity contribution in [3.05, 3.63) is 35.4 Å². The first-order valence-electron chi connectivity index (χ1n) is 6.67. The van der Waals surface area contributed by atoms with Gasteiger partial charge in [0.25, 0.3) is 5.91 Å². The zero-order valence-electron chi connectivity index (χ0n) is 11.8. The maximum absolute atomic E-state index is 12.3. The Morgan fingerprint density at radius 1 is 1.22 bits per heavy atom. The summed E-state index contributed by atoms with van der Waals surface area (Å²) < 4.78 is 36.9. The molecule has 124 valence electrons. The molecule has 0 aliphatic carbocycles. The number of hydrogen-bond acceptors (Lipinski definition) is 3. The van der Waals surface area contributed by atoms with Gasteiger partial charge in [-0.15, -0.1) is 0 Å². The number of carbonyl (C=O) groups excluding carboxylic acids is 2. The summed E-state index contributed by atoms with van der Waals surface area (Å²) in [5, 5.41) is 11.1. The summed E-state index contributed by atoms with van der Waals surface area (Å²) in [6.45, 7) is -1.42. The number of carboxylic acid groups (broad SMARTS) is 1. The van der Waals surface area contributed by atoms with E-state index in [1.54, 1.807) is 0 Å². The summed E-state index contributed by atoms with van der Waals surface area (Å²) in [7, 11) is 0. The molecule has 9 heteroatoms. The van der Waals surface area contributed by atoms with Crippen LogP contribution in [0.5, 0.6) is 0 Å². The van der Waals surface area contributed by atoms with Crippen molar-refractivity contribution in [3.8, 4) is 0 Å². The van der Waals surface area contributed by atoms with Gasteiger partial charge in [0.1, 0.15) is 12.6 Å². The maximum Gasteiger partial charge on any atom is 0.406 e. The Morgan fingerprint density at radius 3 is 2.30 bits per heavy atom. The highest BCUT2D eigenvalue weighted by Crippen LogP contribution is 2.21. The number of nitrogens with one attached hydrogen (secondary N) is 1. The van der Waals surface area contributed by atoms with E-state index in [1.165, 1.54) is 24.3 Å². The van der Waals surface area contributed by atoms with E-state index in [-0.39, 0.29) is 24.1 Å². The molecule has 1 aliphatic rings. The number of rotatable bonds is 4. The Kier molecular flexibility index (Phi) is 4.57. The highest BCUT2D eigenvalue weighted by Gasteiger charge is 2.39. The van der Waals surface area contributed by atoms with Gasteiger partial charge in [-0.1, -0.05) is 0 Å². The van der Waals surface area contributed by atoms with E-state index >= 15 is 0 Å². The van der Waals surface area contributed by atoms with Crippen molar-refractivity contribution >= 4 is 17.8 Å². The standard InChI is InChI=1S/C14H13F3N2O4/c15-14(16,17)7-19-6-5-10(12(19)21)18-11(20)8-1-3-9(4-2-8)13(22)23/h1-4,10H,5-7H2,(H,18,20)(H,22,23). The average molecular weight is 330 g/mol. The van der Waals surface area contributed by atoms with Crippen molar-refractivity contribution in [1.82, 2.24) is 10.2 Å². The lowest BCUT2D eigenvalue weighted by Gasteiger charge is -2.18. The largest absolute Gasteiger partial charge is 0.478 e. The lowest BCUT2D eigenvalue weighted by Crippen LogP contribution is -2.43. The van der Waals surface area contributed by atoms with Crippen LogP contribution in [0.3, 0.4) is 0 Å². The second kappa shape index (κ2) is 6.27. The first-order valence-corrected chi connectivity index (χ1v) is 6.67. The lowest BCUT2D eigenvalue weighted by molar-refractivity contribution is -0.157. The van der Waals surface area contributed by atoms with E-state index in [1.807, 2.05) is 0 Å². The molecule has 0 bridgehead atoms. The first kappa shape index (κ1) is 16.8. The Labute approximate surface area is 128 Å². The quantitative estimate of drug-likeness (QED) is 0.871. The van der Waals surface area contributed by atoms with Gasteiger partial charge in [0.2, 0.25) is 5.91 Å². The number of alkyl halides is 3. The molecule has 0 aromatic heterocycles. The zero-order valence-corrected chi connectivity index (χ0v) is 11.8. The summed E-state index contributed by atoms with van der Waals surface area (Å²) in [5.41, 5.74) is 0.118. The van der Waals surface area contributed by atoms with E-state index in [2.05, 4.69) is 5.32 Å². The van der Waals surface area contributed by atoms with Crippen molar-refractivity contribution in [2.75, 3.05) is 13.1 Å². The molecule has 0 radical (unpaired) electrons. The number of amides is 2. The topological polar surface area (TPSA) is 86.7 Å². The molecule has 1 atom stereocenters. The normalized spacial score (nSPS) is 18.1. The summed E-state index contributed by atoms with van der Waals surface area (Å²) in [6, 6.07) is 3.98. The van der Waals surface area contributed by atoms with Crippen molar-refractivity contribution in [2.45, 2.75) is 18.6 Å². The van der Waals surface area contributed by atoms with E-state index in [0.29, 0.717) is 4.90 Å². The van der Waals surface area contributed by atoms with Gasteiger partial charge in [0.15, 0.2) is 0 Å². The molecule has 1 aliphatic heterocycles. The minimum absolute atomic E-state index is 0.00477. The van der Waals surface area contributed by atoms with Gasteiger partial charge in [-0.25, -0.2) is 4.79 Å². The Hall–Kier alpha value is -2.58. The van der Waals surface area contributed by atoms with Crippen molar-refractivity contribution in [3.63, 3.8) is 0 Å². The molecule has 2 amide bonds. The third-order valence-corrected chi connectivity index (χ3v) is 3.37. The van der Waals surface area contributed by atoms with Crippen LogP contribution in [0.25, 0.3) is 0 Å². The fraction of sp³-hybridized carbons (Fsp3) is 0.357. The molecule has 6 nitrogen and oxygen atoms in total. The van der Waals surface area contributed by atoms with E-state index < -0.39 is 36.5 Å². The average Bonchev–Trinajstić information content (AvgIpc) is 2.78. The molecule has 23 heavy (non-hydrogen) atoms. The number of hydrogen-bond donors (Lipinski definition) is 2. The van der Waals surface area contributed by atoms with Gasteiger partial charge >= 0.3 is 12.1 Å². The Bertz CT molecular complexity index is 628. The summed E-state index contributed by atoms with van der Waals surface area (Å²) in [6.07, 6.45) is -4.39. The third kappa shape index (κ3) is 4.21.